The Morgan fingerprint density at radius 1 is 1.00 bits per heavy atom. The summed E-state index contributed by atoms with van der Waals surface area (Å²) < 4.78 is 66.3. The van der Waals surface area contributed by atoms with E-state index in [0.717, 1.165) is 17.0 Å². The van der Waals surface area contributed by atoms with E-state index in [1.54, 1.807) is 0 Å². The SMILES string of the molecule is O=C(OCC(F)(F)S(=O)(=O)O)C1CCN(C(=O)OC(c2ccccc2[N+](=O)[O-])c2ccccc2[N+](=O)[O-])CC1. The summed E-state index contributed by atoms with van der Waals surface area (Å²) >= 11 is 0. The molecule has 0 aromatic heterocycles. The highest BCUT2D eigenvalue weighted by atomic mass is 32.2. The zero-order valence-electron chi connectivity index (χ0n) is 19.8. The number of para-hydroxylation sites is 2. The number of piperidine rings is 1. The molecule has 0 saturated carbocycles. The summed E-state index contributed by atoms with van der Waals surface area (Å²) in [5.41, 5.74) is -1.14. The predicted molar refractivity (Wildman–Crippen MR) is 126 cm³/mol. The first-order valence-corrected chi connectivity index (χ1v) is 12.6. The van der Waals surface area contributed by atoms with E-state index in [-0.39, 0.29) is 37.1 Å². The molecular formula is C22H21F2N3O11S. The van der Waals surface area contributed by atoms with Crippen molar-refractivity contribution < 1.29 is 50.7 Å². The molecule has 0 bridgehead atoms. The number of carbonyl (C=O) groups excluding carboxylic acids is 2. The lowest BCUT2D eigenvalue weighted by Crippen LogP contribution is -2.42. The molecule has 3 rings (SSSR count). The van der Waals surface area contributed by atoms with Gasteiger partial charge in [-0.25, -0.2) is 4.79 Å². The van der Waals surface area contributed by atoms with Gasteiger partial charge in [-0.1, -0.05) is 24.3 Å². The van der Waals surface area contributed by atoms with Crippen LogP contribution >= 0.6 is 0 Å². The van der Waals surface area contributed by atoms with E-state index in [9.17, 15) is 47.0 Å². The van der Waals surface area contributed by atoms with E-state index < -0.39 is 67.3 Å². The van der Waals surface area contributed by atoms with Crippen molar-refractivity contribution in [2.75, 3.05) is 19.7 Å². The van der Waals surface area contributed by atoms with Crippen LogP contribution in [0.4, 0.5) is 25.0 Å². The van der Waals surface area contributed by atoms with Gasteiger partial charge in [-0.15, -0.1) is 0 Å². The maximum atomic E-state index is 13.3. The van der Waals surface area contributed by atoms with Crippen molar-refractivity contribution in [3.63, 3.8) is 0 Å². The van der Waals surface area contributed by atoms with E-state index in [2.05, 4.69) is 4.74 Å². The molecule has 0 spiro atoms. The number of nitro benzene ring substituents is 2. The Labute approximate surface area is 219 Å². The van der Waals surface area contributed by atoms with Crippen molar-refractivity contribution in [3.8, 4) is 0 Å². The number of nitrogens with zero attached hydrogens (tertiary/aromatic N) is 3. The molecule has 0 radical (unpaired) electrons. The molecule has 1 fully saturated rings. The summed E-state index contributed by atoms with van der Waals surface area (Å²) in [6, 6.07) is 10.5. The normalized spacial score (nSPS) is 14.6. The molecule has 17 heteroatoms. The highest BCUT2D eigenvalue weighted by Crippen LogP contribution is 2.37. The Balaban J connectivity index is 1.76. The molecular weight excluding hydrogens is 552 g/mol. The molecule has 0 aliphatic carbocycles. The van der Waals surface area contributed by atoms with Gasteiger partial charge < -0.3 is 14.4 Å². The number of ether oxygens (including phenoxy) is 2. The minimum Gasteiger partial charge on any atom is -0.458 e. The number of rotatable bonds is 9. The third-order valence-electron chi connectivity index (χ3n) is 5.90. The molecule has 2 aromatic carbocycles. The third-order valence-corrected chi connectivity index (χ3v) is 6.77. The molecule has 14 nitrogen and oxygen atoms in total. The largest absolute Gasteiger partial charge is 0.458 e. The highest BCUT2D eigenvalue weighted by Gasteiger charge is 2.46. The lowest BCUT2D eigenvalue weighted by molar-refractivity contribution is -0.387. The molecule has 1 aliphatic heterocycles. The number of hydrogen-bond donors (Lipinski definition) is 1. The molecule has 1 amide bonds. The van der Waals surface area contributed by atoms with Gasteiger partial charge in [0.15, 0.2) is 12.7 Å². The zero-order valence-corrected chi connectivity index (χ0v) is 20.7. The van der Waals surface area contributed by atoms with Crippen LogP contribution in [0.2, 0.25) is 0 Å². The number of esters is 1. The van der Waals surface area contributed by atoms with Gasteiger partial charge in [0.1, 0.15) is 0 Å². The van der Waals surface area contributed by atoms with Crippen molar-refractivity contribution in [2.45, 2.75) is 24.2 Å². The van der Waals surface area contributed by atoms with E-state index >= 15 is 0 Å². The molecule has 0 unspecified atom stereocenters. The molecule has 1 heterocycles. The van der Waals surface area contributed by atoms with Crippen molar-refractivity contribution >= 4 is 33.6 Å². The summed E-state index contributed by atoms with van der Waals surface area (Å²) in [6.45, 7) is -2.18. The number of hydrogen-bond acceptors (Lipinski definition) is 10. The average Bonchev–Trinajstić information content (AvgIpc) is 2.89. The standard InChI is InChI=1S/C22H21F2N3O11S/c23-22(24,39(34,35)36)13-37-20(28)14-9-11-25(12-10-14)21(29)38-19(15-5-1-3-7-17(15)26(30)31)16-6-2-4-8-18(16)27(32)33/h1-8,14,19H,9-13H2,(H,34,35,36). The number of nitro groups is 2. The van der Waals surface area contributed by atoms with Gasteiger partial charge in [-0.2, -0.15) is 17.2 Å². The summed E-state index contributed by atoms with van der Waals surface area (Å²) in [5.74, 6) is -2.14. The van der Waals surface area contributed by atoms with Crippen molar-refractivity contribution in [2.24, 2.45) is 5.92 Å². The molecule has 210 valence electrons. The van der Waals surface area contributed by atoms with Crippen LogP contribution in [0.5, 0.6) is 0 Å². The van der Waals surface area contributed by atoms with E-state index in [1.807, 2.05) is 0 Å². The quantitative estimate of drug-likeness (QED) is 0.199. The highest BCUT2D eigenvalue weighted by molar-refractivity contribution is 7.86. The summed E-state index contributed by atoms with van der Waals surface area (Å²) in [7, 11) is -5.79. The van der Waals surface area contributed by atoms with Gasteiger partial charge >= 0.3 is 27.4 Å². The number of benzene rings is 2. The van der Waals surface area contributed by atoms with Crippen LogP contribution < -0.4 is 0 Å². The number of likely N-dealkylation sites (tertiary alicyclic amines) is 1. The minimum absolute atomic E-state index is 0.0903. The Bertz CT molecular complexity index is 1320. The number of amides is 1. The van der Waals surface area contributed by atoms with Crippen LogP contribution in [-0.2, 0) is 24.4 Å². The van der Waals surface area contributed by atoms with Gasteiger partial charge in [0.25, 0.3) is 11.4 Å². The first kappa shape index (κ1) is 29.3. The summed E-state index contributed by atoms with van der Waals surface area (Å²) in [6.07, 6.45) is -2.74. The van der Waals surface area contributed by atoms with Crippen molar-refractivity contribution in [1.82, 2.24) is 4.90 Å². The van der Waals surface area contributed by atoms with Gasteiger partial charge in [-0.05, 0) is 25.0 Å². The minimum atomic E-state index is -5.79. The van der Waals surface area contributed by atoms with Crippen molar-refractivity contribution in [1.29, 1.82) is 0 Å². The van der Waals surface area contributed by atoms with E-state index in [1.165, 1.54) is 36.4 Å². The molecule has 0 atom stereocenters. The van der Waals surface area contributed by atoms with Crippen LogP contribution in [0.15, 0.2) is 48.5 Å². The molecule has 39 heavy (non-hydrogen) atoms. The Hall–Kier alpha value is -4.25. The molecule has 1 aliphatic rings. The molecule has 1 N–H and O–H groups in total. The number of alkyl halides is 2. The van der Waals surface area contributed by atoms with Crippen LogP contribution in [0.3, 0.4) is 0 Å². The van der Waals surface area contributed by atoms with Crippen LogP contribution in [-0.4, -0.2) is 64.7 Å². The topological polar surface area (TPSA) is 196 Å². The van der Waals surface area contributed by atoms with E-state index in [4.69, 9.17) is 9.29 Å². The fraction of sp³-hybridized carbons (Fsp3) is 0.364. The van der Waals surface area contributed by atoms with Crippen molar-refractivity contribution in [3.05, 3.63) is 79.9 Å². The summed E-state index contributed by atoms with van der Waals surface area (Å²) in [4.78, 5) is 48.0. The van der Waals surface area contributed by atoms with Gasteiger partial charge in [0.2, 0.25) is 0 Å². The fourth-order valence-electron chi connectivity index (χ4n) is 3.87. The lowest BCUT2D eigenvalue weighted by atomic mass is 9.97. The smallest absolute Gasteiger partial charge is 0.410 e. The second-order valence-corrected chi connectivity index (χ2v) is 9.92. The van der Waals surface area contributed by atoms with Gasteiger partial charge in [-0.3, -0.25) is 29.6 Å². The van der Waals surface area contributed by atoms with Crippen LogP contribution in [0.1, 0.15) is 30.1 Å². The number of halogens is 2. The van der Waals surface area contributed by atoms with Gasteiger partial charge in [0.05, 0.1) is 26.9 Å². The molecule has 1 saturated heterocycles. The van der Waals surface area contributed by atoms with Gasteiger partial charge in [0, 0.05) is 25.2 Å². The Morgan fingerprint density at radius 3 is 1.90 bits per heavy atom. The van der Waals surface area contributed by atoms with Crippen LogP contribution in [0.25, 0.3) is 0 Å². The third kappa shape index (κ3) is 6.80. The second kappa shape index (κ2) is 11.6. The van der Waals surface area contributed by atoms with Crippen LogP contribution in [0, 0.1) is 26.1 Å². The second-order valence-electron chi connectivity index (χ2n) is 8.38. The molecule has 2 aromatic rings. The Morgan fingerprint density at radius 2 is 1.46 bits per heavy atom. The first-order chi connectivity index (χ1) is 18.2. The Kier molecular flexibility index (Phi) is 8.75. The fourth-order valence-corrected chi connectivity index (χ4v) is 4.07. The first-order valence-electron chi connectivity index (χ1n) is 11.2. The monoisotopic (exact) mass is 573 g/mol. The predicted octanol–water partition coefficient (Wildman–Crippen LogP) is 3.46. The summed E-state index contributed by atoms with van der Waals surface area (Å²) in [5, 5.41) is 18.5. The number of carbonyl (C=O) groups is 2. The maximum absolute atomic E-state index is 13.3. The zero-order chi connectivity index (χ0) is 29.0. The van der Waals surface area contributed by atoms with E-state index in [0.29, 0.717) is 0 Å². The maximum Gasteiger partial charge on any atom is 0.410 e. The lowest BCUT2D eigenvalue weighted by Gasteiger charge is -2.31. The average molecular weight is 573 g/mol.